The molecule has 3 heterocycles. The van der Waals surface area contributed by atoms with Crippen molar-refractivity contribution in [2.45, 2.75) is 31.0 Å². The minimum atomic E-state index is -1.65. The molecule has 0 spiro atoms. The number of aliphatic hydroxyl groups is 3. The molecular formula is C20H20N4O4. The van der Waals surface area contributed by atoms with E-state index in [2.05, 4.69) is 21.8 Å². The summed E-state index contributed by atoms with van der Waals surface area (Å²) in [6.07, 6.45) is -0.194. The molecule has 4 rings (SSSR count). The van der Waals surface area contributed by atoms with Crippen LogP contribution >= 0.6 is 0 Å². The van der Waals surface area contributed by atoms with E-state index in [1.54, 1.807) is 10.8 Å². The fourth-order valence-electron chi connectivity index (χ4n) is 3.43. The summed E-state index contributed by atoms with van der Waals surface area (Å²) in [4.78, 5) is 8.31. The Morgan fingerprint density at radius 1 is 1.25 bits per heavy atom. The van der Waals surface area contributed by atoms with E-state index in [9.17, 15) is 15.3 Å². The zero-order chi connectivity index (χ0) is 19.9. The second-order valence-corrected chi connectivity index (χ2v) is 6.90. The van der Waals surface area contributed by atoms with E-state index < -0.39 is 30.6 Å². The van der Waals surface area contributed by atoms with Crippen molar-refractivity contribution in [1.29, 1.82) is 0 Å². The number of nitrogens with two attached hydrogens (primary N) is 1. The standard InChI is InChI=1S/C20H20N4O4/c1-20(27)16(26)14(10-25)28-19(20)24-9-13(8-7-12-5-3-2-4-6-12)15-17(21)22-11-23-18(15)24/h2-6,9,11,14,16,19,25-27H,10H2,1H3,(H2,21,22,23)/t14?,16-,19?,20+/m1/s1. The van der Waals surface area contributed by atoms with Crippen molar-refractivity contribution < 1.29 is 20.1 Å². The lowest BCUT2D eigenvalue weighted by Gasteiger charge is -2.27. The quantitative estimate of drug-likeness (QED) is 0.475. The van der Waals surface area contributed by atoms with Crippen LogP contribution in [0.25, 0.3) is 11.0 Å². The molecule has 8 nitrogen and oxygen atoms in total. The van der Waals surface area contributed by atoms with Crippen molar-refractivity contribution >= 4 is 16.9 Å². The number of benzene rings is 1. The van der Waals surface area contributed by atoms with E-state index in [0.29, 0.717) is 16.6 Å². The van der Waals surface area contributed by atoms with Gasteiger partial charge in [-0.15, -0.1) is 0 Å². The average Bonchev–Trinajstić information content (AvgIpc) is 3.17. The van der Waals surface area contributed by atoms with Crippen LogP contribution in [0.3, 0.4) is 0 Å². The van der Waals surface area contributed by atoms with Crippen molar-refractivity contribution in [3.05, 3.63) is 54.0 Å². The van der Waals surface area contributed by atoms with E-state index >= 15 is 0 Å². The van der Waals surface area contributed by atoms with Gasteiger partial charge >= 0.3 is 0 Å². The lowest BCUT2D eigenvalue weighted by atomic mass is 9.96. The molecule has 8 heteroatoms. The van der Waals surface area contributed by atoms with Gasteiger partial charge in [-0.25, -0.2) is 9.97 Å². The predicted molar refractivity (Wildman–Crippen MR) is 102 cm³/mol. The second-order valence-electron chi connectivity index (χ2n) is 6.90. The molecule has 3 aromatic rings. The Balaban J connectivity index is 1.85. The molecule has 5 N–H and O–H groups in total. The number of hydrogen-bond acceptors (Lipinski definition) is 7. The van der Waals surface area contributed by atoms with Crippen LogP contribution in [0.4, 0.5) is 5.82 Å². The highest BCUT2D eigenvalue weighted by atomic mass is 16.6. The first-order valence-corrected chi connectivity index (χ1v) is 8.78. The van der Waals surface area contributed by atoms with Gasteiger partial charge in [-0.1, -0.05) is 30.0 Å². The van der Waals surface area contributed by atoms with Crippen LogP contribution in [0.5, 0.6) is 0 Å². The molecule has 1 aliphatic rings. The first-order valence-electron chi connectivity index (χ1n) is 8.78. The van der Waals surface area contributed by atoms with Gasteiger partial charge in [0.15, 0.2) is 6.23 Å². The maximum absolute atomic E-state index is 10.8. The molecule has 0 aliphatic carbocycles. The molecular weight excluding hydrogens is 360 g/mol. The van der Waals surface area contributed by atoms with Gasteiger partial charge in [0.2, 0.25) is 0 Å². The third-order valence-electron chi connectivity index (χ3n) is 4.94. The summed E-state index contributed by atoms with van der Waals surface area (Å²) >= 11 is 0. The molecule has 1 aromatic carbocycles. The zero-order valence-electron chi connectivity index (χ0n) is 15.1. The minimum absolute atomic E-state index is 0.248. The van der Waals surface area contributed by atoms with Gasteiger partial charge in [-0.3, -0.25) is 0 Å². The van der Waals surface area contributed by atoms with Crippen LogP contribution in [-0.4, -0.2) is 54.3 Å². The number of hydrogen-bond donors (Lipinski definition) is 4. The molecule has 0 amide bonds. The number of anilines is 1. The maximum Gasteiger partial charge on any atom is 0.167 e. The summed E-state index contributed by atoms with van der Waals surface area (Å²) in [5.74, 6) is 6.39. The number of rotatable bonds is 2. The molecule has 1 fully saturated rings. The molecule has 0 radical (unpaired) electrons. The SMILES string of the molecule is C[C@@]1(O)C(n2cc(C#Cc3ccccc3)c3c(N)ncnc32)OC(CO)[C@H]1O. The smallest absolute Gasteiger partial charge is 0.167 e. The third-order valence-corrected chi connectivity index (χ3v) is 4.94. The van der Waals surface area contributed by atoms with Crippen LogP contribution in [-0.2, 0) is 4.74 Å². The predicted octanol–water partition coefficient (Wildman–Crippen LogP) is 0.415. The Bertz CT molecular complexity index is 1070. The van der Waals surface area contributed by atoms with Gasteiger partial charge in [0.25, 0.3) is 0 Å². The molecule has 0 saturated carbocycles. The highest BCUT2D eigenvalue weighted by molar-refractivity contribution is 5.92. The monoisotopic (exact) mass is 380 g/mol. The Kier molecular flexibility index (Phi) is 4.53. The first-order chi connectivity index (χ1) is 13.4. The first kappa shape index (κ1) is 18.4. The van der Waals surface area contributed by atoms with E-state index in [1.165, 1.54) is 13.3 Å². The molecule has 2 aromatic heterocycles. The summed E-state index contributed by atoms with van der Waals surface area (Å²) < 4.78 is 7.28. The second kappa shape index (κ2) is 6.89. The lowest BCUT2D eigenvalue weighted by Crippen LogP contribution is -2.44. The molecule has 1 aliphatic heterocycles. The lowest BCUT2D eigenvalue weighted by molar-refractivity contribution is -0.0948. The van der Waals surface area contributed by atoms with Gasteiger partial charge in [0.1, 0.15) is 35.6 Å². The average molecular weight is 380 g/mol. The Morgan fingerprint density at radius 2 is 2.00 bits per heavy atom. The maximum atomic E-state index is 10.8. The number of nitrogen functional groups attached to an aromatic ring is 1. The zero-order valence-corrected chi connectivity index (χ0v) is 15.1. The largest absolute Gasteiger partial charge is 0.394 e. The van der Waals surface area contributed by atoms with E-state index in [4.69, 9.17) is 10.5 Å². The molecule has 2 unspecified atom stereocenters. The summed E-state index contributed by atoms with van der Waals surface area (Å²) in [5.41, 5.74) is 6.23. The number of ether oxygens (including phenoxy) is 1. The number of aliphatic hydroxyl groups excluding tert-OH is 2. The third kappa shape index (κ3) is 2.91. The Morgan fingerprint density at radius 3 is 2.68 bits per heavy atom. The van der Waals surface area contributed by atoms with Crippen molar-refractivity contribution in [2.24, 2.45) is 0 Å². The van der Waals surface area contributed by atoms with Gasteiger partial charge in [-0.05, 0) is 19.1 Å². The minimum Gasteiger partial charge on any atom is -0.394 e. The Hall–Kier alpha value is -2.96. The molecule has 28 heavy (non-hydrogen) atoms. The normalized spacial score (nSPS) is 26.9. The molecule has 144 valence electrons. The highest BCUT2D eigenvalue weighted by Crippen LogP contribution is 2.40. The van der Waals surface area contributed by atoms with Crippen LogP contribution in [0.15, 0.2) is 42.9 Å². The summed E-state index contributed by atoms with van der Waals surface area (Å²) in [6.45, 7) is 1.02. The van der Waals surface area contributed by atoms with E-state index in [-0.39, 0.29) is 5.82 Å². The molecule has 4 atom stereocenters. The van der Waals surface area contributed by atoms with Gasteiger partial charge in [-0.2, -0.15) is 0 Å². The van der Waals surface area contributed by atoms with Gasteiger partial charge in [0, 0.05) is 11.8 Å². The van der Waals surface area contributed by atoms with Crippen molar-refractivity contribution in [2.75, 3.05) is 12.3 Å². The number of nitrogens with zero attached hydrogens (tertiary/aromatic N) is 3. The number of aromatic nitrogens is 3. The van der Waals surface area contributed by atoms with Crippen molar-refractivity contribution in [1.82, 2.24) is 14.5 Å². The van der Waals surface area contributed by atoms with Crippen LogP contribution in [0, 0.1) is 11.8 Å². The molecule has 1 saturated heterocycles. The van der Waals surface area contributed by atoms with Crippen LogP contribution in [0.1, 0.15) is 24.3 Å². The fraction of sp³-hybridized carbons (Fsp3) is 0.300. The highest BCUT2D eigenvalue weighted by Gasteiger charge is 2.53. The van der Waals surface area contributed by atoms with E-state index in [0.717, 1.165) is 5.56 Å². The van der Waals surface area contributed by atoms with Crippen LogP contribution < -0.4 is 5.73 Å². The summed E-state index contributed by atoms with van der Waals surface area (Å²) in [6, 6.07) is 9.47. The van der Waals surface area contributed by atoms with Gasteiger partial charge in [0.05, 0.1) is 17.6 Å². The van der Waals surface area contributed by atoms with Crippen molar-refractivity contribution in [3.8, 4) is 11.8 Å². The Labute approximate surface area is 161 Å². The fourth-order valence-corrected chi connectivity index (χ4v) is 3.43. The summed E-state index contributed by atoms with van der Waals surface area (Å²) in [5, 5.41) is 31.1. The van der Waals surface area contributed by atoms with Gasteiger partial charge < -0.3 is 30.4 Å². The van der Waals surface area contributed by atoms with Crippen molar-refractivity contribution in [3.63, 3.8) is 0 Å². The number of fused-ring (bicyclic) bond motifs is 1. The van der Waals surface area contributed by atoms with E-state index in [1.807, 2.05) is 30.3 Å². The summed E-state index contributed by atoms with van der Waals surface area (Å²) in [7, 11) is 0. The van der Waals surface area contributed by atoms with Crippen LogP contribution in [0.2, 0.25) is 0 Å². The molecule has 0 bridgehead atoms. The topological polar surface area (TPSA) is 127 Å².